The van der Waals surface area contributed by atoms with Crippen LogP contribution in [0.4, 0.5) is 0 Å². The van der Waals surface area contributed by atoms with Crippen molar-refractivity contribution in [1.82, 2.24) is 5.32 Å². The Kier molecular flexibility index (Phi) is 5.94. The van der Waals surface area contributed by atoms with Gasteiger partial charge in [0.1, 0.15) is 0 Å². The third-order valence-corrected chi connectivity index (χ3v) is 3.64. The molecule has 1 aromatic rings. The average Bonchev–Trinajstić information content (AvgIpc) is 2.39. The van der Waals surface area contributed by atoms with E-state index in [1.165, 1.54) is 0 Å². The second kappa shape index (κ2) is 7.25. The van der Waals surface area contributed by atoms with Crippen LogP contribution in [0.25, 0.3) is 0 Å². The van der Waals surface area contributed by atoms with Gasteiger partial charge in [-0.05, 0) is 36.8 Å². The van der Waals surface area contributed by atoms with E-state index in [2.05, 4.69) is 5.32 Å². The molecule has 116 valence electrons. The van der Waals surface area contributed by atoms with Gasteiger partial charge in [-0.15, -0.1) is 0 Å². The van der Waals surface area contributed by atoms with Crippen molar-refractivity contribution < 1.29 is 14.7 Å². The zero-order chi connectivity index (χ0) is 16.0. The molecule has 0 aliphatic rings. The van der Waals surface area contributed by atoms with E-state index in [0.717, 1.165) is 11.1 Å². The van der Waals surface area contributed by atoms with Gasteiger partial charge in [-0.2, -0.15) is 0 Å². The monoisotopic (exact) mass is 291 g/mol. The van der Waals surface area contributed by atoms with Crippen molar-refractivity contribution in [2.45, 2.75) is 40.0 Å². The predicted molar refractivity (Wildman–Crippen MR) is 83.1 cm³/mol. The van der Waals surface area contributed by atoms with Crippen LogP contribution in [0.3, 0.4) is 0 Å². The zero-order valence-electron chi connectivity index (χ0n) is 13.3. The van der Waals surface area contributed by atoms with Crippen LogP contribution in [0.2, 0.25) is 0 Å². The number of likely N-dealkylation sites (N-methyl/N-ethyl adjacent to an activating group) is 1. The minimum atomic E-state index is -0.759. The summed E-state index contributed by atoms with van der Waals surface area (Å²) in [5.74, 6) is -0.456. The first-order chi connectivity index (χ1) is 9.76. The molecular weight excluding hydrogens is 266 g/mol. The second-order valence-corrected chi connectivity index (χ2v) is 6.31. The number of nitrogens with one attached hydrogen (secondary N) is 1. The molecule has 21 heavy (non-hydrogen) atoms. The van der Waals surface area contributed by atoms with Gasteiger partial charge in [0, 0.05) is 7.05 Å². The Hall–Kier alpha value is -1.84. The summed E-state index contributed by atoms with van der Waals surface area (Å²) in [4.78, 5) is 22.9. The molecule has 1 amide bonds. The Morgan fingerprint density at radius 3 is 2.14 bits per heavy atom. The molecule has 0 aromatic heterocycles. The number of rotatable bonds is 7. The molecule has 4 nitrogen and oxygen atoms in total. The molecule has 1 rings (SSSR count). The molecule has 0 spiro atoms. The van der Waals surface area contributed by atoms with Gasteiger partial charge in [0.2, 0.25) is 5.91 Å². The van der Waals surface area contributed by atoms with E-state index in [4.69, 9.17) is 0 Å². The Morgan fingerprint density at radius 1 is 1.19 bits per heavy atom. The van der Waals surface area contributed by atoms with Crippen molar-refractivity contribution in [3.05, 3.63) is 35.4 Å². The van der Waals surface area contributed by atoms with Crippen LogP contribution in [0.15, 0.2) is 24.3 Å². The van der Waals surface area contributed by atoms with Crippen LogP contribution in [-0.2, 0) is 22.4 Å². The lowest BCUT2D eigenvalue weighted by Gasteiger charge is -2.27. The van der Waals surface area contributed by atoms with Crippen molar-refractivity contribution in [2.24, 2.45) is 11.3 Å². The van der Waals surface area contributed by atoms with Gasteiger partial charge >= 0.3 is 5.97 Å². The molecule has 0 bridgehead atoms. The molecule has 0 saturated heterocycles. The molecular formula is C17H25NO3. The van der Waals surface area contributed by atoms with E-state index in [0.29, 0.717) is 25.2 Å². The van der Waals surface area contributed by atoms with Crippen molar-refractivity contribution in [1.29, 1.82) is 0 Å². The van der Waals surface area contributed by atoms with Gasteiger partial charge in [-0.1, -0.05) is 38.1 Å². The van der Waals surface area contributed by atoms with Crippen LogP contribution in [0, 0.1) is 11.3 Å². The van der Waals surface area contributed by atoms with Gasteiger partial charge in [-0.25, -0.2) is 0 Å². The Balaban J connectivity index is 2.81. The van der Waals surface area contributed by atoms with Crippen molar-refractivity contribution in [3.8, 4) is 0 Å². The van der Waals surface area contributed by atoms with E-state index >= 15 is 0 Å². The maximum Gasteiger partial charge on any atom is 0.309 e. The fourth-order valence-electron chi connectivity index (χ4n) is 2.64. The van der Waals surface area contributed by atoms with Gasteiger partial charge in [-0.3, -0.25) is 9.59 Å². The lowest BCUT2D eigenvalue weighted by Crippen LogP contribution is -2.31. The van der Waals surface area contributed by atoms with E-state index in [1.807, 2.05) is 38.1 Å². The summed E-state index contributed by atoms with van der Waals surface area (Å²) in [5.41, 5.74) is 1.16. The molecule has 0 fully saturated rings. The summed E-state index contributed by atoms with van der Waals surface area (Å²) in [6.45, 7) is 5.87. The van der Waals surface area contributed by atoms with Gasteiger partial charge in [0.25, 0.3) is 0 Å². The van der Waals surface area contributed by atoms with E-state index < -0.39 is 11.4 Å². The van der Waals surface area contributed by atoms with Crippen molar-refractivity contribution in [2.75, 3.05) is 7.05 Å². The van der Waals surface area contributed by atoms with Gasteiger partial charge < -0.3 is 10.4 Å². The fraction of sp³-hybridized carbons (Fsp3) is 0.529. The number of amides is 1. The number of hydrogen-bond donors (Lipinski definition) is 2. The van der Waals surface area contributed by atoms with E-state index in [9.17, 15) is 14.7 Å². The third-order valence-electron chi connectivity index (χ3n) is 3.64. The van der Waals surface area contributed by atoms with Crippen LogP contribution < -0.4 is 5.32 Å². The first-order valence-electron chi connectivity index (χ1n) is 7.28. The smallest absolute Gasteiger partial charge is 0.309 e. The van der Waals surface area contributed by atoms with Gasteiger partial charge in [0.15, 0.2) is 0 Å². The summed E-state index contributed by atoms with van der Waals surface area (Å²) < 4.78 is 0. The molecule has 0 radical (unpaired) electrons. The summed E-state index contributed by atoms with van der Waals surface area (Å²) in [7, 11) is 1.61. The van der Waals surface area contributed by atoms with Crippen molar-refractivity contribution >= 4 is 11.9 Å². The van der Waals surface area contributed by atoms with Gasteiger partial charge in [0.05, 0.1) is 11.8 Å². The zero-order valence-corrected chi connectivity index (χ0v) is 13.3. The summed E-state index contributed by atoms with van der Waals surface area (Å²) in [6.07, 6.45) is 1.49. The maximum absolute atomic E-state index is 11.6. The fourth-order valence-corrected chi connectivity index (χ4v) is 2.64. The molecule has 0 saturated carbocycles. The molecule has 1 unspecified atom stereocenters. The Labute approximate surface area is 126 Å². The second-order valence-electron chi connectivity index (χ2n) is 6.31. The number of carboxylic acid groups (broad SMARTS) is 1. The minimum absolute atomic E-state index is 0.0297. The largest absolute Gasteiger partial charge is 0.481 e. The topological polar surface area (TPSA) is 66.4 Å². The number of hydrogen-bond acceptors (Lipinski definition) is 2. The van der Waals surface area contributed by atoms with E-state index in [1.54, 1.807) is 14.0 Å². The Morgan fingerprint density at radius 2 is 1.71 bits per heavy atom. The summed E-state index contributed by atoms with van der Waals surface area (Å²) in [5, 5.41) is 12.1. The molecule has 0 aliphatic carbocycles. The highest BCUT2D eigenvalue weighted by Crippen LogP contribution is 2.31. The Bertz CT molecular complexity index is 493. The van der Waals surface area contributed by atoms with E-state index in [-0.39, 0.29) is 5.91 Å². The molecule has 1 aromatic carbocycles. The highest BCUT2D eigenvalue weighted by atomic mass is 16.4. The number of carbonyl (C=O) groups excluding carboxylic acids is 1. The quantitative estimate of drug-likeness (QED) is 0.811. The average molecular weight is 291 g/mol. The van der Waals surface area contributed by atoms with Crippen molar-refractivity contribution in [3.63, 3.8) is 0 Å². The molecule has 0 heterocycles. The lowest BCUT2D eigenvalue weighted by atomic mass is 9.77. The lowest BCUT2D eigenvalue weighted by molar-refractivity contribution is -0.148. The summed E-state index contributed by atoms with van der Waals surface area (Å²) >= 11 is 0. The number of aliphatic carboxylic acids is 1. The van der Waals surface area contributed by atoms with Crippen LogP contribution in [0.1, 0.15) is 38.3 Å². The molecule has 2 N–H and O–H groups in total. The number of carbonyl (C=O) groups is 2. The SMILES string of the molecule is CNC(=O)Cc1ccc(CC(C)(CC(C)C)C(=O)O)cc1. The standard InChI is InChI=1S/C17H25NO3/c1-12(2)10-17(3,16(20)21)11-14-7-5-13(6-8-14)9-15(19)18-4/h5-8,12H,9-11H2,1-4H3,(H,18,19)(H,20,21). The first-order valence-corrected chi connectivity index (χ1v) is 7.28. The summed E-state index contributed by atoms with van der Waals surface area (Å²) in [6, 6.07) is 7.62. The van der Waals surface area contributed by atoms with Crippen LogP contribution in [0.5, 0.6) is 0 Å². The number of carboxylic acids is 1. The molecule has 4 heteroatoms. The van der Waals surface area contributed by atoms with Crippen LogP contribution >= 0.6 is 0 Å². The highest BCUT2D eigenvalue weighted by molar-refractivity contribution is 5.78. The van der Waals surface area contributed by atoms with Crippen LogP contribution in [-0.4, -0.2) is 24.0 Å². The normalized spacial score (nSPS) is 13.8. The minimum Gasteiger partial charge on any atom is -0.481 e. The highest BCUT2D eigenvalue weighted by Gasteiger charge is 2.33. The predicted octanol–water partition coefficient (Wildman–Crippen LogP) is 2.65. The molecule has 0 aliphatic heterocycles. The third kappa shape index (κ3) is 5.21. The number of benzene rings is 1. The first kappa shape index (κ1) is 17.2. The molecule has 1 atom stereocenters. The maximum atomic E-state index is 11.6.